The van der Waals surface area contributed by atoms with Crippen LogP contribution in [0.2, 0.25) is 0 Å². The molecule has 5 nitrogen and oxygen atoms in total. The minimum atomic E-state index is -1.05. The monoisotopic (exact) mass is 291 g/mol. The maximum Gasteiger partial charge on any atom is 0.337 e. The Morgan fingerprint density at radius 2 is 2.20 bits per heavy atom. The molecule has 0 saturated heterocycles. The van der Waals surface area contributed by atoms with E-state index in [0.717, 1.165) is 0 Å². The van der Waals surface area contributed by atoms with Crippen LogP contribution in [0.5, 0.6) is 0 Å². The summed E-state index contributed by atoms with van der Waals surface area (Å²) in [6.07, 6.45) is 1.45. The fourth-order valence-electron chi connectivity index (χ4n) is 1.96. The molecule has 0 spiro atoms. The highest BCUT2D eigenvalue weighted by atomic mass is 32.1. The lowest BCUT2D eigenvalue weighted by atomic mass is 10.0. The number of rotatable bonds is 5. The first kappa shape index (κ1) is 14.3. The molecule has 6 heteroatoms. The molecule has 2 heterocycles. The van der Waals surface area contributed by atoms with Crippen LogP contribution in [0.1, 0.15) is 35.1 Å². The highest BCUT2D eigenvalue weighted by Gasteiger charge is 2.20. The Kier molecular flexibility index (Phi) is 4.24. The summed E-state index contributed by atoms with van der Waals surface area (Å²) in [5.74, 6) is -0.314. The zero-order chi connectivity index (χ0) is 14.7. The SMILES string of the molecule is CC(C)C(Nc1nccc(C(=O)O)c1N)c1cccs1. The van der Waals surface area contributed by atoms with Crippen molar-refractivity contribution in [1.29, 1.82) is 0 Å². The van der Waals surface area contributed by atoms with Crippen LogP contribution in [0.15, 0.2) is 29.8 Å². The number of hydrogen-bond donors (Lipinski definition) is 3. The molecule has 2 rings (SSSR count). The van der Waals surface area contributed by atoms with Crippen LogP contribution in [-0.2, 0) is 0 Å². The van der Waals surface area contributed by atoms with Gasteiger partial charge in [-0.05, 0) is 23.4 Å². The standard InChI is InChI=1S/C14H17N3O2S/c1-8(2)12(10-4-3-7-20-10)17-13-11(15)9(14(18)19)5-6-16-13/h3-8,12H,15H2,1-2H3,(H,16,17)(H,18,19). The number of hydrogen-bond acceptors (Lipinski definition) is 5. The number of carboxylic acids is 1. The zero-order valence-corrected chi connectivity index (χ0v) is 12.1. The third-order valence-corrected chi connectivity index (χ3v) is 3.98. The highest BCUT2D eigenvalue weighted by molar-refractivity contribution is 7.10. The first-order chi connectivity index (χ1) is 9.50. The van der Waals surface area contributed by atoms with Crippen molar-refractivity contribution in [3.8, 4) is 0 Å². The van der Waals surface area contributed by atoms with Crippen molar-refractivity contribution >= 4 is 28.8 Å². The number of thiophene rings is 1. The summed E-state index contributed by atoms with van der Waals surface area (Å²) < 4.78 is 0. The fourth-order valence-corrected chi connectivity index (χ4v) is 2.91. The summed E-state index contributed by atoms with van der Waals surface area (Å²) in [5.41, 5.74) is 6.12. The zero-order valence-electron chi connectivity index (χ0n) is 11.3. The average Bonchev–Trinajstić information content (AvgIpc) is 2.90. The lowest BCUT2D eigenvalue weighted by Gasteiger charge is -2.23. The number of pyridine rings is 1. The number of nitrogen functional groups attached to an aromatic ring is 1. The lowest BCUT2D eigenvalue weighted by Crippen LogP contribution is -2.18. The van der Waals surface area contributed by atoms with Crippen LogP contribution >= 0.6 is 11.3 Å². The first-order valence-electron chi connectivity index (χ1n) is 6.28. The van der Waals surface area contributed by atoms with Crippen molar-refractivity contribution in [3.05, 3.63) is 40.2 Å². The molecule has 0 bridgehead atoms. The van der Waals surface area contributed by atoms with Gasteiger partial charge in [-0.2, -0.15) is 0 Å². The van der Waals surface area contributed by atoms with Crippen LogP contribution in [0.4, 0.5) is 11.5 Å². The van der Waals surface area contributed by atoms with E-state index in [1.165, 1.54) is 17.1 Å². The summed E-state index contributed by atoms with van der Waals surface area (Å²) in [5, 5.41) is 14.4. The molecular weight excluding hydrogens is 274 g/mol. The second-order valence-electron chi connectivity index (χ2n) is 4.81. The summed E-state index contributed by atoms with van der Waals surface area (Å²) in [6, 6.07) is 5.48. The van der Waals surface area contributed by atoms with E-state index in [2.05, 4.69) is 24.1 Å². The molecule has 0 aromatic carbocycles. The number of nitrogens with two attached hydrogens (primary N) is 1. The third kappa shape index (κ3) is 2.91. The van der Waals surface area contributed by atoms with Gasteiger partial charge >= 0.3 is 5.97 Å². The molecule has 1 unspecified atom stereocenters. The molecule has 2 aromatic heterocycles. The molecular formula is C14H17N3O2S. The molecule has 106 valence electrons. The van der Waals surface area contributed by atoms with Crippen LogP contribution in [0.3, 0.4) is 0 Å². The van der Waals surface area contributed by atoms with Gasteiger partial charge in [0, 0.05) is 11.1 Å². The summed E-state index contributed by atoms with van der Waals surface area (Å²) >= 11 is 1.65. The predicted molar refractivity (Wildman–Crippen MR) is 81.1 cm³/mol. The number of anilines is 2. The normalized spacial score (nSPS) is 12.3. The smallest absolute Gasteiger partial charge is 0.337 e. The van der Waals surface area contributed by atoms with Gasteiger partial charge in [-0.1, -0.05) is 19.9 Å². The van der Waals surface area contributed by atoms with Gasteiger partial charge in [0.25, 0.3) is 0 Å². The lowest BCUT2D eigenvalue weighted by molar-refractivity contribution is 0.0698. The number of nitrogens with zero attached hydrogens (tertiary/aromatic N) is 1. The van der Waals surface area contributed by atoms with Gasteiger partial charge < -0.3 is 16.2 Å². The number of nitrogens with one attached hydrogen (secondary N) is 1. The number of aromatic nitrogens is 1. The van der Waals surface area contributed by atoms with Gasteiger partial charge in [0.15, 0.2) is 5.82 Å². The Labute approximate surface area is 121 Å². The fraction of sp³-hybridized carbons (Fsp3) is 0.286. The Morgan fingerprint density at radius 1 is 1.45 bits per heavy atom. The van der Waals surface area contributed by atoms with E-state index in [1.807, 2.05) is 17.5 Å². The van der Waals surface area contributed by atoms with E-state index in [9.17, 15) is 4.79 Å². The van der Waals surface area contributed by atoms with E-state index in [1.54, 1.807) is 11.3 Å². The van der Waals surface area contributed by atoms with Crippen molar-refractivity contribution in [2.45, 2.75) is 19.9 Å². The van der Waals surface area contributed by atoms with Crippen molar-refractivity contribution < 1.29 is 9.90 Å². The third-order valence-electron chi connectivity index (χ3n) is 3.03. The average molecular weight is 291 g/mol. The molecule has 0 aliphatic rings. The first-order valence-corrected chi connectivity index (χ1v) is 7.16. The molecule has 20 heavy (non-hydrogen) atoms. The van der Waals surface area contributed by atoms with Gasteiger partial charge in [0.1, 0.15) is 0 Å². The van der Waals surface area contributed by atoms with Crippen LogP contribution in [-0.4, -0.2) is 16.1 Å². The van der Waals surface area contributed by atoms with Crippen molar-refractivity contribution in [1.82, 2.24) is 4.98 Å². The minimum Gasteiger partial charge on any atom is -0.478 e. The van der Waals surface area contributed by atoms with E-state index >= 15 is 0 Å². The Balaban J connectivity index is 2.32. The Hall–Kier alpha value is -2.08. The Morgan fingerprint density at radius 3 is 2.75 bits per heavy atom. The van der Waals surface area contributed by atoms with Gasteiger partial charge in [0.05, 0.1) is 17.3 Å². The van der Waals surface area contributed by atoms with Gasteiger partial charge in [0.2, 0.25) is 0 Å². The van der Waals surface area contributed by atoms with E-state index in [-0.39, 0.29) is 17.3 Å². The number of aromatic carboxylic acids is 1. The topological polar surface area (TPSA) is 88.2 Å². The molecule has 0 saturated carbocycles. The number of carbonyl (C=O) groups is 1. The van der Waals surface area contributed by atoms with E-state index < -0.39 is 5.97 Å². The van der Waals surface area contributed by atoms with Crippen LogP contribution in [0, 0.1) is 5.92 Å². The van der Waals surface area contributed by atoms with Gasteiger partial charge in [-0.25, -0.2) is 9.78 Å². The predicted octanol–water partition coefficient (Wildman–Crippen LogP) is 3.23. The van der Waals surface area contributed by atoms with Crippen LogP contribution < -0.4 is 11.1 Å². The highest BCUT2D eigenvalue weighted by Crippen LogP contribution is 2.31. The second kappa shape index (κ2) is 5.92. The van der Waals surface area contributed by atoms with Crippen LogP contribution in [0.25, 0.3) is 0 Å². The van der Waals surface area contributed by atoms with Gasteiger partial charge in [-0.15, -0.1) is 11.3 Å². The molecule has 0 radical (unpaired) electrons. The quantitative estimate of drug-likeness (QED) is 0.787. The van der Waals surface area contributed by atoms with Crippen molar-refractivity contribution in [2.75, 3.05) is 11.1 Å². The van der Waals surface area contributed by atoms with E-state index in [4.69, 9.17) is 10.8 Å². The van der Waals surface area contributed by atoms with Crippen molar-refractivity contribution in [2.24, 2.45) is 5.92 Å². The maximum atomic E-state index is 11.1. The summed E-state index contributed by atoms with van der Waals surface area (Å²) in [7, 11) is 0. The Bertz CT molecular complexity index is 596. The molecule has 1 atom stereocenters. The molecule has 2 aromatic rings. The van der Waals surface area contributed by atoms with E-state index in [0.29, 0.717) is 11.7 Å². The number of carboxylic acid groups (broad SMARTS) is 1. The summed E-state index contributed by atoms with van der Waals surface area (Å²) in [6.45, 7) is 4.18. The largest absolute Gasteiger partial charge is 0.478 e. The molecule has 0 aliphatic carbocycles. The van der Waals surface area contributed by atoms with Gasteiger partial charge in [-0.3, -0.25) is 0 Å². The molecule has 0 aliphatic heterocycles. The maximum absolute atomic E-state index is 11.1. The van der Waals surface area contributed by atoms with Crippen molar-refractivity contribution in [3.63, 3.8) is 0 Å². The second-order valence-corrected chi connectivity index (χ2v) is 5.79. The minimum absolute atomic E-state index is 0.0499. The molecule has 0 fully saturated rings. The summed E-state index contributed by atoms with van der Waals surface area (Å²) in [4.78, 5) is 16.4. The molecule has 4 N–H and O–H groups in total. The molecule has 0 amide bonds.